The summed E-state index contributed by atoms with van der Waals surface area (Å²) in [6.45, 7) is 4.71. The number of nitrogens with one attached hydrogen (secondary N) is 1. The maximum Gasteiger partial charge on any atom is 0.164 e. The third-order valence-electron chi connectivity index (χ3n) is 5.38. The number of piperidine rings is 1. The van der Waals surface area contributed by atoms with Gasteiger partial charge in [-0.15, -0.1) is 0 Å². The molecule has 2 N–H and O–H groups in total. The summed E-state index contributed by atoms with van der Waals surface area (Å²) in [7, 11) is 0. The van der Waals surface area contributed by atoms with E-state index in [-0.39, 0.29) is 29.5 Å². The van der Waals surface area contributed by atoms with Gasteiger partial charge in [-0.1, -0.05) is 25.4 Å². The molecule has 8 heteroatoms. The first-order valence-corrected chi connectivity index (χ1v) is 10.7. The first-order valence-electron chi connectivity index (χ1n) is 10.3. The van der Waals surface area contributed by atoms with Crippen LogP contribution in [0.3, 0.4) is 0 Å². The maximum absolute atomic E-state index is 14.4. The van der Waals surface area contributed by atoms with Crippen molar-refractivity contribution in [3.8, 4) is 11.4 Å². The van der Waals surface area contributed by atoms with Crippen LogP contribution in [-0.2, 0) is 0 Å². The van der Waals surface area contributed by atoms with Gasteiger partial charge in [-0.3, -0.25) is 4.98 Å². The zero-order valence-corrected chi connectivity index (χ0v) is 18.1. The average Bonchev–Trinajstić information content (AvgIpc) is 2.75. The minimum atomic E-state index is -0.438. The highest BCUT2D eigenvalue weighted by molar-refractivity contribution is 6.30. The fraction of sp³-hybridized carbons (Fsp3) is 0.348. The number of rotatable bonds is 5. The van der Waals surface area contributed by atoms with Crippen molar-refractivity contribution in [2.45, 2.75) is 44.8 Å². The summed E-state index contributed by atoms with van der Waals surface area (Å²) in [4.78, 5) is 13.3. The summed E-state index contributed by atoms with van der Waals surface area (Å²) in [5.41, 5.74) is 2.83. The van der Waals surface area contributed by atoms with E-state index in [2.05, 4.69) is 25.6 Å². The number of aliphatic hydroxyl groups excluding tert-OH is 1. The van der Waals surface area contributed by atoms with E-state index >= 15 is 0 Å². The number of hydrogen-bond donors (Lipinski definition) is 2. The highest BCUT2D eigenvalue weighted by atomic mass is 35.5. The summed E-state index contributed by atoms with van der Waals surface area (Å²) in [5, 5.41) is 18.5. The third-order valence-corrected chi connectivity index (χ3v) is 5.61. The Balaban J connectivity index is 1.74. The van der Waals surface area contributed by atoms with Crippen LogP contribution in [0.2, 0.25) is 5.02 Å². The molecule has 0 spiro atoms. The van der Waals surface area contributed by atoms with Crippen molar-refractivity contribution in [2.24, 2.45) is 0 Å². The molecular weight excluding hydrogens is 417 g/mol. The zero-order chi connectivity index (χ0) is 22.0. The molecule has 1 aromatic carbocycles. The van der Waals surface area contributed by atoms with Crippen LogP contribution >= 0.6 is 11.6 Å². The number of benzene rings is 1. The van der Waals surface area contributed by atoms with Crippen molar-refractivity contribution in [3.63, 3.8) is 0 Å². The van der Waals surface area contributed by atoms with Crippen molar-refractivity contribution in [3.05, 3.63) is 64.8 Å². The van der Waals surface area contributed by atoms with Crippen LogP contribution in [0.4, 0.5) is 15.9 Å². The lowest BCUT2D eigenvalue weighted by Crippen LogP contribution is -2.30. The van der Waals surface area contributed by atoms with Gasteiger partial charge in [-0.05, 0) is 43.0 Å². The Bertz CT molecular complexity index is 1080. The van der Waals surface area contributed by atoms with Gasteiger partial charge in [-0.2, -0.15) is 0 Å². The molecule has 2 atom stereocenters. The normalized spacial score (nSPS) is 18.9. The molecule has 1 aliphatic heterocycles. The number of aromatic nitrogens is 3. The van der Waals surface area contributed by atoms with Gasteiger partial charge in [0.25, 0.3) is 0 Å². The van der Waals surface area contributed by atoms with Crippen LogP contribution in [0.15, 0.2) is 42.9 Å². The summed E-state index contributed by atoms with van der Waals surface area (Å²) in [6.07, 6.45) is 6.03. The maximum atomic E-state index is 14.4. The predicted molar refractivity (Wildman–Crippen MR) is 119 cm³/mol. The lowest BCUT2D eigenvalue weighted by atomic mass is 9.95. The molecule has 1 radical (unpaired) electrons. The third kappa shape index (κ3) is 4.84. The largest absolute Gasteiger partial charge is 0.393 e. The van der Waals surface area contributed by atoms with Crippen LogP contribution in [-0.4, -0.2) is 32.7 Å². The fourth-order valence-corrected chi connectivity index (χ4v) is 3.85. The molecule has 31 heavy (non-hydrogen) atoms. The van der Waals surface area contributed by atoms with Gasteiger partial charge in [-0.25, -0.2) is 19.7 Å². The molecule has 1 fully saturated rings. The monoisotopic (exact) mass is 440 g/mol. The van der Waals surface area contributed by atoms with Gasteiger partial charge in [0, 0.05) is 47.0 Å². The van der Waals surface area contributed by atoms with Crippen molar-refractivity contribution in [1.82, 2.24) is 20.3 Å². The Kier molecular flexibility index (Phi) is 6.46. The molecule has 3 heterocycles. The predicted octanol–water partition coefficient (Wildman–Crippen LogP) is 5.00. The highest BCUT2D eigenvalue weighted by Gasteiger charge is 2.25. The van der Waals surface area contributed by atoms with Crippen LogP contribution in [0.25, 0.3) is 11.4 Å². The van der Waals surface area contributed by atoms with E-state index in [1.165, 1.54) is 18.2 Å². The Labute approximate surface area is 185 Å². The van der Waals surface area contributed by atoms with Gasteiger partial charge < -0.3 is 10.4 Å². The van der Waals surface area contributed by atoms with Gasteiger partial charge >= 0.3 is 0 Å². The van der Waals surface area contributed by atoms with E-state index in [4.69, 9.17) is 11.6 Å². The van der Waals surface area contributed by atoms with Crippen molar-refractivity contribution < 1.29 is 9.50 Å². The number of halogens is 2. The molecule has 1 saturated heterocycles. The summed E-state index contributed by atoms with van der Waals surface area (Å²) < 4.78 is 14.4. The van der Waals surface area contributed by atoms with Crippen LogP contribution in [0.1, 0.15) is 49.8 Å². The molecule has 1 aliphatic rings. The van der Waals surface area contributed by atoms with Crippen molar-refractivity contribution in [2.75, 3.05) is 11.9 Å². The average molecular weight is 441 g/mol. The van der Waals surface area contributed by atoms with E-state index in [0.717, 1.165) is 16.8 Å². The Morgan fingerprint density at radius 1 is 1.23 bits per heavy atom. The second kappa shape index (κ2) is 9.26. The van der Waals surface area contributed by atoms with Crippen molar-refractivity contribution >= 4 is 23.1 Å². The summed E-state index contributed by atoms with van der Waals surface area (Å²) in [6, 6.07) is 6.03. The number of nitrogens with zero attached hydrogens (tertiary/aromatic N) is 4. The van der Waals surface area contributed by atoms with Gasteiger partial charge in [0.1, 0.15) is 11.6 Å². The Hall–Kier alpha value is -2.61. The molecule has 0 bridgehead atoms. The standard InChI is InChI=1S/C23H24ClFN5O/c1-13(2)17-12-28-22(16-9-14(24)3-4-19(16)25)30-23(17)29-20-6-7-26-11-18(20)21-10-15(31)5-8-27-21/h3-4,6-7,9,11-13,15,21,31H,5,8,10H2,1-2H3,(H,26,28,29,30). The second-order valence-electron chi connectivity index (χ2n) is 7.96. The van der Waals surface area contributed by atoms with Crippen LogP contribution in [0, 0.1) is 5.82 Å². The van der Waals surface area contributed by atoms with E-state index in [1.807, 2.05) is 19.9 Å². The van der Waals surface area contributed by atoms with Crippen LogP contribution < -0.4 is 10.6 Å². The number of pyridine rings is 1. The Morgan fingerprint density at radius 2 is 2.06 bits per heavy atom. The molecule has 0 saturated carbocycles. The van der Waals surface area contributed by atoms with Gasteiger partial charge in [0.05, 0.1) is 17.7 Å². The fourth-order valence-electron chi connectivity index (χ4n) is 3.68. The molecule has 0 aliphatic carbocycles. The minimum Gasteiger partial charge on any atom is -0.393 e. The molecule has 4 rings (SSSR count). The van der Waals surface area contributed by atoms with Gasteiger partial charge in [0.2, 0.25) is 0 Å². The molecule has 0 amide bonds. The quantitative estimate of drug-likeness (QED) is 0.583. The zero-order valence-electron chi connectivity index (χ0n) is 17.4. The molecule has 6 nitrogen and oxygen atoms in total. The lowest BCUT2D eigenvalue weighted by Gasteiger charge is -2.27. The second-order valence-corrected chi connectivity index (χ2v) is 8.40. The van der Waals surface area contributed by atoms with E-state index in [9.17, 15) is 9.50 Å². The Morgan fingerprint density at radius 3 is 2.84 bits per heavy atom. The SMILES string of the molecule is CC(C)c1cnc(-c2cc(Cl)ccc2F)nc1Nc1ccncc1C1CC(O)CC[N]1. The van der Waals surface area contributed by atoms with E-state index in [1.54, 1.807) is 18.6 Å². The number of aliphatic hydroxyl groups is 1. The van der Waals surface area contributed by atoms with Crippen LogP contribution in [0.5, 0.6) is 0 Å². The molecular formula is C23H24ClFN5O. The first-order chi connectivity index (χ1) is 14.9. The molecule has 2 aromatic heterocycles. The van der Waals surface area contributed by atoms with E-state index < -0.39 is 5.82 Å². The first kappa shape index (κ1) is 21.6. The smallest absolute Gasteiger partial charge is 0.164 e. The molecule has 2 unspecified atom stereocenters. The molecule has 161 valence electrons. The van der Waals surface area contributed by atoms with Crippen molar-refractivity contribution in [1.29, 1.82) is 0 Å². The topological polar surface area (TPSA) is 85.0 Å². The van der Waals surface area contributed by atoms with Gasteiger partial charge in [0.15, 0.2) is 5.82 Å². The highest BCUT2D eigenvalue weighted by Crippen LogP contribution is 2.34. The van der Waals surface area contributed by atoms with E-state index in [0.29, 0.717) is 30.2 Å². The molecule has 3 aromatic rings. The number of anilines is 2. The number of hydrogen-bond acceptors (Lipinski definition) is 5. The minimum absolute atomic E-state index is 0.144. The summed E-state index contributed by atoms with van der Waals surface area (Å²) in [5.74, 6) is 0.544. The lowest BCUT2D eigenvalue weighted by molar-refractivity contribution is 0.115. The summed E-state index contributed by atoms with van der Waals surface area (Å²) >= 11 is 6.06.